The van der Waals surface area contributed by atoms with Crippen LogP contribution in [-0.2, 0) is 6.54 Å². The van der Waals surface area contributed by atoms with Crippen molar-refractivity contribution in [3.05, 3.63) is 56.5 Å². The number of hydrogen-bond donors (Lipinski definition) is 1. The zero-order valence-electron chi connectivity index (χ0n) is 10.8. The van der Waals surface area contributed by atoms with E-state index in [0.717, 1.165) is 38.1 Å². The SMILES string of the molecule is CNCc1ccc(Br)cc1Oc1ccc(Br)cc1C. The number of rotatable bonds is 4. The highest BCUT2D eigenvalue weighted by molar-refractivity contribution is 9.10. The van der Waals surface area contributed by atoms with Gasteiger partial charge in [-0.2, -0.15) is 0 Å². The van der Waals surface area contributed by atoms with E-state index >= 15 is 0 Å². The number of benzene rings is 2. The summed E-state index contributed by atoms with van der Waals surface area (Å²) in [5, 5.41) is 3.15. The molecular weight excluding hydrogens is 370 g/mol. The van der Waals surface area contributed by atoms with Gasteiger partial charge in [-0.15, -0.1) is 0 Å². The van der Waals surface area contributed by atoms with Crippen LogP contribution in [0.15, 0.2) is 45.3 Å². The Hall–Kier alpha value is -0.840. The van der Waals surface area contributed by atoms with E-state index in [-0.39, 0.29) is 0 Å². The Kier molecular flexibility index (Phi) is 5.02. The molecule has 4 heteroatoms. The van der Waals surface area contributed by atoms with Gasteiger partial charge in [-0.1, -0.05) is 37.9 Å². The van der Waals surface area contributed by atoms with E-state index in [4.69, 9.17) is 4.74 Å². The molecule has 0 atom stereocenters. The second-order valence-electron chi connectivity index (χ2n) is 4.29. The number of halogens is 2. The maximum absolute atomic E-state index is 6.04. The molecule has 0 saturated carbocycles. The zero-order valence-corrected chi connectivity index (χ0v) is 14.0. The number of hydrogen-bond acceptors (Lipinski definition) is 2. The summed E-state index contributed by atoms with van der Waals surface area (Å²) in [6.45, 7) is 2.81. The Morgan fingerprint density at radius 1 is 1.00 bits per heavy atom. The maximum Gasteiger partial charge on any atom is 0.133 e. The Balaban J connectivity index is 2.33. The molecule has 0 aliphatic heterocycles. The van der Waals surface area contributed by atoms with Gasteiger partial charge < -0.3 is 10.1 Å². The van der Waals surface area contributed by atoms with E-state index in [2.05, 4.69) is 43.2 Å². The second-order valence-corrected chi connectivity index (χ2v) is 6.13. The summed E-state index contributed by atoms with van der Waals surface area (Å²) in [6, 6.07) is 12.1. The van der Waals surface area contributed by atoms with Crippen LogP contribution in [0.1, 0.15) is 11.1 Å². The topological polar surface area (TPSA) is 21.3 Å². The lowest BCUT2D eigenvalue weighted by Gasteiger charge is -2.13. The molecule has 1 N–H and O–H groups in total. The van der Waals surface area contributed by atoms with Crippen LogP contribution < -0.4 is 10.1 Å². The van der Waals surface area contributed by atoms with Crippen molar-refractivity contribution in [3.8, 4) is 11.5 Å². The molecule has 0 heterocycles. The Labute approximate surface area is 130 Å². The largest absolute Gasteiger partial charge is 0.457 e. The standard InChI is InChI=1S/C15H15Br2NO/c1-10-7-12(16)5-6-14(10)19-15-8-13(17)4-3-11(15)9-18-2/h3-8,18H,9H2,1-2H3. The molecule has 2 aromatic carbocycles. The van der Waals surface area contributed by atoms with Gasteiger partial charge >= 0.3 is 0 Å². The molecule has 0 unspecified atom stereocenters. The van der Waals surface area contributed by atoms with Crippen molar-refractivity contribution in [1.82, 2.24) is 5.32 Å². The summed E-state index contributed by atoms with van der Waals surface area (Å²) in [5.41, 5.74) is 2.23. The van der Waals surface area contributed by atoms with Crippen molar-refractivity contribution in [2.24, 2.45) is 0 Å². The fourth-order valence-electron chi connectivity index (χ4n) is 1.81. The van der Waals surface area contributed by atoms with E-state index in [0.29, 0.717) is 0 Å². The molecule has 2 aromatic rings. The number of nitrogens with one attached hydrogen (secondary N) is 1. The van der Waals surface area contributed by atoms with Gasteiger partial charge in [0.2, 0.25) is 0 Å². The Bertz CT molecular complexity index is 584. The lowest BCUT2D eigenvalue weighted by Crippen LogP contribution is -2.06. The molecule has 0 spiro atoms. The molecule has 0 aliphatic rings. The van der Waals surface area contributed by atoms with Crippen LogP contribution in [0.5, 0.6) is 11.5 Å². The summed E-state index contributed by atoms with van der Waals surface area (Å²) in [5.74, 6) is 1.74. The van der Waals surface area contributed by atoms with Gasteiger partial charge in [0, 0.05) is 21.1 Å². The number of aryl methyl sites for hydroxylation is 1. The molecular formula is C15H15Br2NO. The minimum Gasteiger partial charge on any atom is -0.457 e. The Morgan fingerprint density at radius 3 is 2.37 bits per heavy atom. The number of ether oxygens (including phenoxy) is 1. The second kappa shape index (κ2) is 6.55. The van der Waals surface area contributed by atoms with E-state index < -0.39 is 0 Å². The van der Waals surface area contributed by atoms with Crippen LogP contribution >= 0.6 is 31.9 Å². The van der Waals surface area contributed by atoms with Crippen LogP contribution in [0.25, 0.3) is 0 Å². The van der Waals surface area contributed by atoms with Gasteiger partial charge in [-0.25, -0.2) is 0 Å². The highest BCUT2D eigenvalue weighted by Crippen LogP contribution is 2.31. The van der Waals surface area contributed by atoms with Gasteiger partial charge in [0.15, 0.2) is 0 Å². The van der Waals surface area contributed by atoms with Crippen LogP contribution in [0.2, 0.25) is 0 Å². The summed E-state index contributed by atoms with van der Waals surface area (Å²) >= 11 is 6.94. The minimum absolute atomic E-state index is 0.776. The monoisotopic (exact) mass is 383 g/mol. The van der Waals surface area contributed by atoms with Crippen molar-refractivity contribution in [2.45, 2.75) is 13.5 Å². The molecule has 2 rings (SSSR count). The van der Waals surface area contributed by atoms with Gasteiger partial charge in [0.25, 0.3) is 0 Å². The highest BCUT2D eigenvalue weighted by Gasteiger charge is 2.07. The molecule has 2 nitrogen and oxygen atoms in total. The zero-order chi connectivity index (χ0) is 13.8. The summed E-state index contributed by atoms with van der Waals surface area (Å²) in [6.07, 6.45) is 0. The quantitative estimate of drug-likeness (QED) is 0.797. The van der Waals surface area contributed by atoms with Gasteiger partial charge in [0.05, 0.1) is 0 Å². The van der Waals surface area contributed by atoms with Crippen molar-refractivity contribution >= 4 is 31.9 Å². The van der Waals surface area contributed by atoms with Crippen LogP contribution in [-0.4, -0.2) is 7.05 Å². The smallest absolute Gasteiger partial charge is 0.133 e. The molecule has 0 aliphatic carbocycles. The summed E-state index contributed by atoms with van der Waals surface area (Å²) < 4.78 is 8.11. The first kappa shape index (κ1) is 14.6. The van der Waals surface area contributed by atoms with Crippen LogP contribution in [0.3, 0.4) is 0 Å². The molecule has 100 valence electrons. The molecule has 0 bridgehead atoms. The molecule has 0 saturated heterocycles. The fraction of sp³-hybridized carbons (Fsp3) is 0.200. The van der Waals surface area contributed by atoms with Crippen molar-refractivity contribution in [2.75, 3.05) is 7.05 Å². The van der Waals surface area contributed by atoms with Gasteiger partial charge in [-0.3, -0.25) is 0 Å². The molecule has 0 amide bonds. The fourth-order valence-corrected chi connectivity index (χ4v) is 2.62. The van der Waals surface area contributed by atoms with Gasteiger partial charge in [0.1, 0.15) is 11.5 Å². The Morgan fingerprint density at radius 2 is 1.68 bits per heavy atom. The van der Waals surface area contributed by atoms with E-state index in [9.17, 15) is 0 Å². The van der Waals surface area contributed by atoms with E-state index in [1.165, 1.54) is 0 Å². The lowest BCUT2D eigenvalue weighted by molar-refractivity contribution is 0.470. The first-order valence-corrected chi connectivity index (χ1v) is 7.56. The predicted molar refractivity (Wildman–Crippen MR) is 85.9 cm³/mol. The van der Waals surface area contributed by atoms with Crippen molar-refractivity contribution < 1.29 is 4.74 Å². The minimum atomic E-state index is 0.776. The predicted octanol–water partition coefficient (Wildman–Crippen LogP) is 5.03. The van der Waals surface area contributed by atoms with Crippen molar-refractivity contribution in [3.63, 3.8) is 0 Å². The van der Waals surface area contributed by atoms with E-state index in [1.807, 2.05) is 44.3 Å². The van der Waals surface area contributed by atoms with Crippen molar-refractivity contribution in [1.29, 1.82) is 0 Å². The third-order valence-electron chi connectivity index (χ3n) is 2.75. The molecule has 19 heavy (non-hydrogen) atoms. The van der Waals surface area contributed by atoms with Gasteiger partial charge in [-0.05, 0) is 49.9 Å². The third-order valence-corrected chi connectivity index (χ3v) is 3.74. The average molecular weight is 385 g/mol. The van der Waals surface area contributed by atoms with Crippen LogP contribution in [0.4, 0.5) is 0 Å². The highest BCUT2D eigenvalue weighted by atomic mass is 79.9. The van der Waals surface area contributed by atoms with Crippen LogP contribution in [0, 0.1) is 6.92 Å². The first-order chi connectivity index (χ1) is 9.10. The molecule has 0 aromatic heterocycles. The normalized spacial score (nSPS) is 10.5. The molecule has 0 radical (unpaired) electrons. The lowest BCUT2D eigenvalue weighted by atomic mass is 10.2. The third kappa shape index (κ3) is 3.81. The average Bonchev–Trinajstić information content (AvgIpc) is 2.36. The summed E-state index contributed by atoms with van der Waals surface area (Å²) in [4.78, 5) is 0. The maximum atomic E-state index is 6.04. The van der Waals surface area contributed by atoms with E-state index in [1.54, 1.807) is 0 Å². The summed E-state index contributed by atoms with van der Waals surface area (Å²) in [7, 11) is 1.93. The molecule has 0 fully saturated rings. The first-order valence-electron chi connectivity index (χ1n) is 5.97.